The summed E-state index contributed by atoms with van der Waals surface area (Å²) >= 11 is 3.19. The molecule has 3 unspecified atom stereocenters. The van der Waals surface area contributed by atoms with E-state index in [9.17, 15) is 28.9 Å². The van der Waals surface area contributed by atoms with Crippen molar-refractivity contribution in [3.8, 4) is 0 Å². The number of nitroso groups, excluding NO2 is 1. The molecule has 15 heteroatoms. The number of hydrazine groups is 1. The van der Waals surface area contributed by atoms with Gasteiger partial charge in [-0.2, -0.15) is 0 Å². The number of ketones is 2. The van der Waals surface area contributed by atoms with Crippen molar-refractivity contribution < 1.29 is 47.4 Å². The summed E-state index contributed by atoms with van der Waals surface area (Å²) < 4.78 is 0.512. The Morgan fingerprint density at radius 1 is 1.18 bits per heavy atom. The van der Waals surface area contributed by atoms with E-state index in [0.717, 1.165) is 12.8 Å². The van der Waals surface area contributed by atoms with E-state index in [4.69, 9.17) is 5.73 Å². The number of carbonyl (C=O) groups excluding carboxylic acids is 5. The van der Waals surface area contributed by atoms with Crippen LogP contribution in [0.15, 0.2) is 27.8 Å². The van der Waals surface area contributed by atoms with E-state index in [0.29, 0.717) is 15.9 Å². The number of hydrogen-bond donors (Lipinski definition) is 4. The average Bonchev–Trinajstić information content (AvgIpc) is 3.61. The first-order valence-corrected chi connectivity index (χ1v) is 15.1. The molecule has 0 aromatic rings. The number of nitrogens with two attached hydrogens (primary N) is 1. The Hall–Kier alpha value is -2.84. The van der Waals surface area contributed by atoms with Crippen LogP contribution in [0.5, 0.6) is 0 Å². The fourth-order valence-electron chi connectivity index (χ4n) is 4.65. The van der Waals surface area contributed by atoms with Gasteiger partial charge in [-0.25, -0.2) is 4.79 Å². The fraction of sp³-hybridized carbons (Fsp3) is 0.621. The van der Waals surface area contributed by atoms with Crippen LogP contribution in [-0.2, 0) is 37.7 Å². The first-order valence-electron chi connectivity index (χ1n) is 14.3. The van der Waals surface area contributed by atoms with Crippen LogP contribution in [0.2, 0.25) is 0 Å². The van der Waals surface area contributed by atoms with Crippen molar-refractivity contribution in [3.05, 3.63) is 34.2 Å². The number of hydrogen-bond acceptors (Lipinski definition) is 7. The number of amides is 4. The van der Waals surface area contributed by atoms with Crippen LogP contribution in [0.3, 0.4) is 0 Å². The molecule has 1 saturated carbocycles. The van der Waals surface area contributed by atoms with Crippen LogP contribution in [0, 0.1) is 28.6 Å². The van der Waals surface area contributed by atoms with Gasteiger partial charge in [-0.3, -0.25) is 24.2 Å². The Kier molecular flexibility index (Phi) is 15.7. The molecule has 4 atom stereocenters. The van der Waals surface area contributed by atoms with Gasteiger partial charge in [0.2, 0.25) is 11.7 Å². The molecule has 1 aliphatic carbocycles. The van der Waals surface area contributed by atoms with E-state index >= 15 is 0 Å². The zero-order valence-electron chi connectivity index (χ0n) is 25.9. The molecule has 2 rings (SSSR count). The van der Waals surface area contributed by atoms with Gasteiger partial charge in [-0.15, -0.1) is 5.43 Å². The Bertz CT molecular complexity index is 1170. The van der Waals surface area contributed by atoms with Crippen molar-refractivity contribution >= 4 is 52.1 Å². The number of nitrogens with zero attached hydrogens (tertiary/aromatic N) is 3. The molecule has 0 spiro atoms. The molecule has 4 amide bonds. The number of halogens is 1. The van der Waals surface area contributed by atoms with E-state index in [-0.39, 0.29) is 55.6 Å². The second kappa shape index (κ2) is 17.6. The molecular formula is C29H44BrN7O6V. The maximum Gasteiger partial charge on any atom is 0.316 e. The predicted molar refractivity (Wildman–Crippen MR) is 165 cm³/mol. The van der Waals surface area contributed by atoms with Crippen LogP contribution < -0.4 is 21.8 Å². The van der Waals surface area contributed by atoms with Gasteiger partial charge < -0.3 is 27.7 Å². The van der Waals surface area contributed by atoms with E-state index in [1.165, 1.54) is 4.90 Å². The summed E-state index contributed by atoms with van der Waals surface area (Å²) in [4.78, 5) is 82.3. The molecular weight excluding hydrogens is 673 g/mol. The summed E-state index contributed by atoms with van der Waals surface area (Å²) in [5.41, 5.74) is 6.98. The van der Waals surface area contributed by atoms with Gasteiger partial charge in [0.15, 0.2) is 11.8 Å². The molecule has 0 aromatic heterocycles. The number of Topliss-reactive ketones (excluding diaryl/α,β-unsaturated/α-hetero) is 2. The van der Waals surface area contributed by atoms with Crippen LogP contribution >= 0.6 is 15.9 Å². The second-order valence-corrected chi connectivity index (χ2v) is 13.1. The molecule has 1 radical (unpaired) electrons. The van der Waals surface area contributed by atoms with Gasteiger partial charge in [0.25, 0.3) is 12.1 Å². The van der Waals surface area contributed by atoms with Crippen molar-refractivity contribution in [2.24, 2.45) is 28.0 Å². The molecule has 1 heterocycles. The van der Waals surface area contributed by atoms with Crippen molar-refractivity contribution in [2.45, 2.75) is 91.0 Å². The van der Waals surface area contributed by atoms with Gasteiger partial charge in [0.05, 0.1) is 10.9 Å². The number of allylic oxidation sites excluding steroid dienone is 3. The normalized spacial score (nSPS) is 19.0. The van der Waals surface area contributed by atoms with E-state index in [2.05, 4.69) is 43.7 Å². The van der Waals surface area contributed by atoms with Gasteiger partial charge in [0.1, 0.15) is 15.5 Å². The van der Waals surface area contributed by atoms with Gasteiger partial charge in [-0.1, -0.05) is 72.6 Å². The Balaban J connectivity index is 0.00000968. The molecule has 2 aliphatic rings. The summed E-state index contributed by atoms with van der Waals surface area (Å²) in [7, 11) is 0. The third-order valence-electron chi connectivity index (χ3n) is 7.25. The SMILES string of the molecule is C=N/C(Br)=C\C=C/CC(=O)C(NC(=O)NC(C(=O)N1C[CH-]C[C@H]1[N+](=O)NC(CC1CC1)C(=O)C(N)=O)C(C)(C)C)C(C)C.[V]. The quantitative estimate of drug-likeness (QED) is 0.0360. The number of likely N-dealkylation sites (tertiary alicyclic amines) is 1. The predicted octanol–water partition coefficient (Wildman–Crippen LogP) is 2.44. The Labute approximate surface area is 279 Å². The molecule has 1 saturated heterocycles. The Morgan fingerprint density at radius 2 is 1.82 bits per heavy atom. The van der Waals surface area contributed by atoms with Gasteiger partial charge in [-0.05, 0) is 52.4 Å². The second-order valence-electron chi connectivity index (χ2n) is 12.3. The van der Waals surface area contributed by atoms with Crippen molar-refractivity contribution in [3.63, 3.8) is 0 Å². The average molecular weight is 718 g/mol. The first kappa shape index (κ1) is 39.2. The number of nitrogens with one attached hydrogen (secondary N) is 3. The minimum absolute atomic E-state index is 0. The third kappa shape index (κ3) is 11.9. The van der Waals surface area contributed by atoms with Gasteiger partial charge in [0, 0.05) is 25.0 Å². The maximum absolute atomic E-state index is 13.8. The van der Waals surface area contributed by atoms with Crippen LogP contribution in [0.4, 0.5) is 4.79 Å². The van der Waals surface area contributed by atoms with Crippen LogP contribution in [0.25, 0.3) is 0 Å². The summed E-state index contributed by atoms with van der Waals surface area (Å²) in [6.45, 7) is 12.5. The smallest absolute Gasteiger partial charge is 0.316 e. The summed E-state index contributed by atoms with van der Waals surface area (Å²) in [6, 6.07) is -3.65. The zero-order chi connectivity index (χ0) is 32.5. The summed E-state index contributed by atoms with van der Waals surface area (Å²) in [5, 5.41) is 5.42. The molecule has 44 heavy (non-hydrogen) atoms. The van der Waals surface area contributed by atoms with Crippen molar-refractivity contribution in [1.82, 2.24) is 21.0 Å². The maximum atomic E-state index is 13.8. The molecule has 2 fully saturated rings. The zero-order valence-corrected chi connectivity index (χ0v) is 28.9. The molecule has 0 bridgehead atoms. The fourth-order valence-corrected chi connectivity index (χ4v) is 4.80. The first-order chi connectivity index (χ1) is 20.1. The topological polar surface area (TPSA) is 183 Å². The van der Waals surface area contributed by atoms with Crippen LogP contribution in [0.1, 0.15) is 66.7 Å². The monoisotopic (exact) mass is 716 g/mol. The largest absolute Gasteiger partial charge is 0.363 e. The summed E-state index contributed by atoms with van der Waals surface area (Å²) in [6.07, 6.45) is 8.03. The number of rotatable bonds is 16. The number of urea groups is 1. The standard InChI is InChI=1S/C29H44BrN7O6.V/c1-17(2)23(20(38)10-7-8-11-21(30)32-6)33-28(42)34-25(29(3,4)5)27(41)36-15-9-12-22(36)37(43)35-19(16-18-13-14-18)24(39)26(31)40;/h7-9,11,17-19,22-23,25H,6,10,12-16H2,1-5H3,(H2,31,40)(H,35,43)(H2,33,34,42);/b8-7-,21-11-;/t19?,22-,23?,25?;/m1./s1. The van der Waals surface area contributed by atoms with E-state index in [1.807, 2.05) is 0 Å². The Morgan fingerprint density at radius 3 is 2.34 bits per heavy atom. The minimum atomic E-state index is -1.13. The van der Waals surface area contributed by atoms with E-state index in [1.54, 1.807) is 59.3 Å². The summed E-state index contributed by atoms with van der Waals surface area (Å²) in [5.74, 6) is -2.75. The minimum Gasteiger partial charge on any atom is -0.363 e. The molecule has 0 aromatic carbocycles. The number of primary amides is 1. The van der Waals surface area contributed by atoms with Crippen molar-refractivity contribution in [1.29, 1.82) is 0 Å². The molecule has 13 nitrogen and oxygen atoms in total. The molecule has 243 valence electrons. The number of aliphatic imine (C=N–C) groups is 1. The third-order valence-corrected chi connectivity index (χ3v) is 7.77. The van der Waals surface area contributed by atoms with E-state index < -0.39 is 53.3 Å². The molecule has 1 aliphatic heterocycles. The molecule has 5 N–H and O–H groups in total. The van der Waals surface area contributed by atoms with Crippen molar-refractivity contribution in [2.75, 3.05) is 6.54 Å². The van der Waals surface area contributed by atoms with Gasteiger partial charge >= 0.3 is 6.03 Å². The number of carbonyl (C=O) groups is 5. The van der Waals surface area contributed by atoms with Crippen LogP contribution in [-0.4, -0.2) is 76.7 Å².